The van der Waals surface area contributed by atoms with Gasteiger partial charge >= 0.3 is 6.18 Å². The highest BCUT2D eigenvalue weighted by Gasteiger charge is 2.35. The molecule has 0 unspecified atom stereocenters. The molecule has 0 spiro atoms. The van der Waals surface area contributed by atoms with Gasteiger partial charge in [-0.25, -0.2) is 9.97 Å². The van der Waals surface area contributed by atoms with E-state index in [1.54, 1.807) is 9.80 Å². The van der Waals surface area contributed by atoms with E-state index in [1.165, 1.54) is 6.92 Å². The second-order valence-corrected chi connectivity index (χ2v) is 7.08. The first-order valence-electron chi connectivity index (χ1n) is 9.27. The van der Waals surface area contributed by atoms with Crippen LogP contribution < -0.4 is 4.90 Å². The Morgan fingerprint density at radius 2 is 1.82 bits per heavy atom. The molecule has 0 aromatic carbocycles. The van der Waals surface area contributed by atoms with E-state index in [0.29, 0.717) is 31.9 Å². The number of anilines is 1. The molecular weight excluding hydrogens is 375 g/mol. The molecule has 7 nitrogen and oxygen atoms in total. The topological polar surface area (TPSA) is 75.4 Å². The fraction of sp³-hybridized carbons (Fsp3) is 0.556. The molecule has 1 saturated heterocycles. The van der Waals surface area contributed by atoms with E-state index in [-0.39, 0.29) is 17.5 Å². The first-order chi connectivity index (χ1) is 13.3. The number of alkyl halides is 3. The lowest BCUT2D eigenvalue weighted by Gasteiger charge is -2.35. The molecule has 1 aliphatic carbocycles. The summed E-state index contributed by atoms with van der Waals surface area (Å²) in [4.78, 5) is 23.8. The van der Waals surface area contributed by atoms with Crippen LogP contribution >= 0.6 is 0 Å². The lowest BCUT2D eigenvalue weighted by Crippen LogP contribution is -2.49. The average Bonchev–Trinajstić information content (AvgIpc) is 3.10. The monoisotopic (exact) mass is 395 g/mol. The third-order valence-electron chi connectivity index (χ3n) is 5.16. The number of aryl methyl sites for hydroxylation is 2. The van der Waals surface area contributed by atoms with Gasteiger partial charge in [0.2, 0.25) is 0 Å². The molecule has 2 aliphatic rings. The molecule has 4 rings (SSSR count). The number of carbonyl (C=O) groups is 1. The number of carbonyl (C=O) groups excluding carboxylic acids is 1. The van der Waals surface area contributed by atoms with Gasteiger partial charge in [-0.2, -0.15) is 13.2 Å². The van der Waals surface area contributed by atoms with E-state index in [2.05, 4.69) is 15.1 Å². The fourth-order valence-electron chi connectivity index (χ4n) is 3.70. The van der Waals surface area contributed by atoms with Gasteiger partial charge in [-0.3, -0.25) is 4.79 Å². The summed E-state index contributed by atoms with van der Waals surface area (Å²) < 4.78 is 44.3. The molecule has 0 atom stereocenters. The Morgan fingerprint density at radius 1 is 1.11 bits per heavy atom. The molecule has 3 heterocycles. The minimum atomic E-state index is -4.52. The van der Waals surface area contributed by atoms with E-state index in [9.17, 15) is 18.0 Å². The molecule has 1 amide bonds. The van der Waals surface area contributed by atoms with Gasteiger partial charge in [-0.05, 0) is 26.2 Å². The van der Waals surface area contributed by atoms with Crippen molar-refractivity contribution < 1.29 is 22.5 Å². The quantitative estimate of drug-likeness (QED) is 0.778. The summed E-state index contributed by atoms with van der Waals surface area (Å²) in [5.41, 5.74) is 0.322. The molecule has 10 heteroatoms. The Bertz CT molecular complexity index is 888. The van der Waals surface area contributed by atoms with E-state index in [0.717, 1.165) is 43.1 Å². The van der Waals surface area contributed by atoms with Gasteiger partial charge in [-0.15, -0.1) is 0 Å². The number of nitrogens with zero attached hydrogens (tertiary/aromatic N) is 5. The van der Waals surface area contributed by atoms with Crippen LogP contribution in [0.4, 0.5) is 19.0 Å². The number of amides is 1. The lowest BCUT2D eigenvalue weighted by molar-refractivity contribution is -0.141. The third-order valence-corrected chi connectivity index (χ3v) is 5.16. The van der Waals surface area contributed by atoms with Gasteiger partial charge in [0.15, 0.2) is 5.69 Å². The Morgan fingerprint density at radius 3 is 2.54 bits per heavy atom. The van der Waals surface area contributed by atoms with Gasteiger partial charge in [0, 0.05) is 44.2 Å². The number of hydrogen-bond donors (Lipinski definition) is 0. The van der Waals surface area contributed by atoms with Crippen molar-refractivity contribution in [1.29, 1.82) is 0 Å². The van der Waals surface area contributed by atoms with Crippen LogP contribution in [0, 0.1) is 6.92 Å². The lowest BCUT2D eigenvalue weighted by atomic mass is 9.96. The number of halogens is 3. The van der Waals surface area contributed by atoms with Crippen molar-refractivity contribution in [2.75, 3.05) is 31.1 Å². The highest BCUT2D eigenvalue weighted by atomic mass is 19.4. The van der Waals surface area contributed by atoms with Crippen molar-refractivity contribution in [2.24, 2.45) is 0 Å². The highest BCUT2D eigenvalue weighted by molar-refractivity contribution is 5.94. The van der Waals surface area contributed by atoms with Gasteiger partial charge in [-0.1, -0.05) is 5.16 Å². The fourth-order valence-corrected chi connectivity index (χ4v) is 3.70. The molecule has 28 heavy (non-hydrogen) atoms. The first-order valence-corrected chi connectivity index (χ1v) is 9.27. The van der Waals surface area contributed by atoms with Crippen LogP contribution in [0.15, 0.2) is 10.6 Å². The minimum absolute atomic E-state index is 0.0672. The van der Waals surface area contributed by atoms with Crippen LogP contribution in [0.1, 0.15) is 46.2 Å². The molecule has 0 radical (unpaired) electrons. The predicted octanol–water partition coefficient (Wildman–Crippen LogP) is 2.63. The number of hydrogen-bond acceptors (Lipinski definition) is 6. The normalized spacial score (nSPS) is 17.6. The van der Waals surface area contributed by atoms with Crippen molar-refractivity contribution in [3.05, 3.63) is 34.6 Å². The van der Waals surface area contributed by atoms with Crippen molar-refractivity contribution in [1.82, 2.24) is 20.0 Å². The Balaban J connectivity index is 1.46. The zero-order valence-electron chi connectivity index (χ0n) is 15.4. The van der Waals surface area contributed by atoms with Crippen LogP contribution in [0.25, 0.3) is 0 Å². The van der Waals surface area contributed by atoms with Crippen LogP contribution in [-0.2, 0) is 19.0 Å². The van der Waals surface area contributed by atoms with Crippen LogP contribution in [0.2, 0.25) is 0 Å². The SMILES string of the molecule is Cc1nc(N2CCN(C(=O)c3noc4c3CCCC4)CC2)cc(C(F)(F)F)n1. The molecule has 2 aromatic rings. The summed E-state index contributed by atoms with van der Waals surface area (Å²) in [5, 5.41) is 3.97. The summed E-state index contributed by atoms with van der Waals surface area (Å²) in [5.74, 6) is 0.911. The second kappa shape index (κ2) is 7.06. The molecular formula is C18H20F3N5O2. The summed E-state index contributed by atoms with van der Waals surface area (Å²) in [6, 6.07) is 0.957. The summed E-state index contributed by atoms with van der Waals surface area (Å²) in [6.07, 6.45) is -0.881. The molecule has 150 valence electrons. The molecule has 1 fully saturated rings. The van der Waals surface area contributed by atoms with Gasteiger partial charge in [0.1, 0.15) is 23.1 Å². The molecule has 0 N–H and O–H groups in total. The van der Waals surface area contributed by atoms with Gasteiger partial charge < -0.3 is 14.3 Å². The Kier molecular flexibility index (Phi) is 4.72. The van der Waals surface area contributed by atoms with Crippen molar-refractivity contribution in [2.45, 2.75) is 38.8 Å². The minimum Gasteiger partial charge on any atom is -0.360 e. The number of rotatable bonds is 2. The van der Waals surface area contributed by atoms with Crippen molar-refractivity contribution in [3.8, 4) is 0 Å². The van der Waals surface area contributed by atoms with E-state index in [1.807, 2.05) is 0 Å². The molecule has 0 saturated carbocycles. The van der Waals surface area contributed by atoms with Crippen LogP contribution in [0.3, 0.4) is 0 Å². The van der Waals surface area contributed by atoms with E-state index < -0.39 is 11.9 Å². The summed E-state index contributed by atoms with van der Waals surface area (Å²) in [6.45, 7) is 2.97. The zero-order chi connectivity index (χ0) is 19.9. The second-order valence-electron chi connectivity index (χ2n) is 7.08. The third kappa shape index (κ3) is 3.55. The summed E-state index contributed by atoms with van der Waals surface area (Å²) in [7, 11) is 0. The maximum atomic E-state index is 13.0. The van der Waals surface area contributed by atoms with E-state index in [4.69, 9.17) is 4.52 Å². The average molecular weight is 395 g/mol. The molecule has 2 aromatic heterocycles. The van der Waals surface area contributed by atoms with Crippen molar-refractivity contribution in [3.63, 3.8) is 0 Å². The number of fused-ring (bicyclic) bond motifs is 1. The van der Waals surface area contributed by atoms with Crippen molar-refractivity contribution >= 4 is 11.7 Å². The molecule has 0 bridgehead atoms. The number of piperazine rings is 1. The zero-order valence-corrected chi connectivity index (χ0v) is 15.4. The smallest absolute Gasteiger partial charge is 0.360 e. The Hall–Kier alpha value is -2.65. The molecule has 1 aliphatic heterocycles. The number of aromatic nitrogens is 3. The van der Waals surface area contributed by atoms with Gasteiger partial charge in [0.05, 0.1) is 0 Å². The first kappa shape index (κ1) is 18.7. The maximum absolute atomic E-state index is 13.0. The predicted molar refractivity (Wildman–Crippen MR) is 93.0 cm³/mol. The van der Waals surface area contributed by atoms with Crippen LogP contribution in [0.5, 0.6) is 0 Å². The largest absolute Gasteiger partial charge is 0.433 e. The maximum Gasteiger partial charge on any atom is 0.433 e. The summed E-state index contributed by atoms with van der Waals surface area (Å²) >= 11 is 0. The van der Waals surface area contributed by atoms with Gasteiger partial charge in [0.25, 0.3) is 5.91 Å². The standard InChI is InChI=1S/C18H20F3N5O2/c1-11-22-14(18(19,20)21)10-15(23-11)25-6-8-26(9-7-25)17(27)16-12-4-2-3-5-13(12)28-24-16/h10H,2-9H2,1H3. The highest BCUT2D eigenvalue weighted by Crippen LogP contribution is 2.30. The van der Waals surface area contributed by atoms with E-state index >= 15 is 0 Å². The van der Waals surface area contributed by atoms with Crippen LogP contribution in [-0.4, -0.2) is 52.1 Å². The Labute approximate surface area is 159 Å².